The first-order valence-corrected chi connectivity index (χ1v) is 6.52. The van der Waals surface area contributed by atoms with Crippen LogP contribution in [0.15, 0.2) is 48.8 Å². The highest BCUT2D eigenvalue weighted by atomic mass is 16.1. The summed E-state index contributed by atoms with van der Waals surface area (Å²) in [4.78, 5) is 16.2. The van der Waals surface area contributed by atoms with Crippen molar-refractivity contribution in [3.8, 4) is 11.1 Å². The number of carbonyl (C=O) groups is 1. The van der Waals surface area contributed by atoms with E-state index in [1.165, 1.54) is 0 Å². The van der Waals surface area contributed by atoms with E-state index in [0.29, 0.717) is 5.56 Å². The lowest BCUT2D eigenvalue weighted by atomic mass is 10.1. The number of amides is 1. The molecule has 1 aromatic carbocycles. The zero-order valence-electron chi connectivity index (χ0n) is 11.3. The fourth-order valence-corrected chi connectivity index (χ4v) is 1.76. The fourth-order valence-electron chi connectivity index (χ4n) is 1.76. The lowest BCUT2D eigenvalue weighted by molar-refractivity contribution is 0.0939. The van der Waals surface area contributed by atoms with Gasteiger partial charge in [0.05, 0.1) is 5.56 Å². The van der Waals surface area contributed by atoms with Crippen LogP contribution in [-0.4, -0.2) is 16.9 Å². The lowest BCUT2D eigenvalue weighted by Crippen LogP contribution is -2.31. The van der Waals surface area contributed by atoms with Crippen molar-refractivity contribution < 1.29 is 4.79 Å². The number of nitrogens with zero attached hydrogens (tertiary/aromatic N) is 1. The summed E-state index contributed by atoms with van der Waals surface area (Å²) >= 11 is 0. The average molecular weight is 254 g/mol. The SMILES string of the molecule is CCC(C)NC(=O)c1cncc(-c2ccccc2)c1. The summed E-state index contributed by atoms with van der Waals surface area (Å²) in [6.07, 6.45) is 4.29. The second-order valence-electron chi connectivity index (χ2n) is 4.61. The minimum Gasteiger partial charge on any atom is -0.350 e. The van der Waals surface area contributed by atoms with Crippen molar-refractivity contribution in [2.75, 3.05) is 0 Å². The van der Waals surface area contributed by atoms with E-state index in [1.54, 1.807) is 12.4 Å². The lowest BCUT2D eigenvalue weighted by Gasteiger charge is -2.11. The largest absolute Gasteiger partial charge is 0.350 e. The Bertz CT molecular complexity index is 552. The van der Waals surface area contributed by atoms with Crippen molar-refractivity contribution in [3.63, 3.8) is 0 Å². The third-order valence-corrected chi connectivity index (χ3v) is 3.10. The summed E-state index contributed by atoms with van der Waals surface area (Å²) in [6.45, 7) is 4.04. The second-order valence-corrected chi connectivity index (χ2v) is 4.61. The highest BCUT2D eigenvalue weighted by molar-refractivity contribution is 5.95. The van der Waals surface area contributed by atoms with Crippen LogP contribution in [0.4, 0.5) is 0 Å². The molecular weight excluding hydrogens is 236 g/mol. The highest BCUT2D eigenvalue weighted by Crippen LogP contribution is 2.18. The Hall–Kier alpha value is -2.16. The highest BCUT2D eigenvalue weighted by Gasteiger charge is 2.09. The Morgan fingerprint density at radius 3 is 2.63 bits per heavy atom. The molecule has 3 heteroatoms. The number of benzene rings is 1. The average Bonchev–Trinajstić information content (AvgIpc) is 2.48. The van der Waals surface area contributed by atoms with Gasteiger partial charge in [-0.05, 0) is 25.0 Å². The predicted octanol–water partition coefficient (Wildman–Crippen LogP) is 3.28. The number of nitrogens with one attached hydrogen (secondary N) is 1. The first-order chi connectivity index (χ1) is 9.20. The standard InChI is InChI=1S/C16H18N2O/c1-3-12(2)18-16(19)15-9-14(10-17-11-15)13-7-5-4-6-8-13/h4-12H,3H2,1-2H3,(H,18,19). The molecule has 0 saturated carbocycles. The maximum atomic E-state index is 12.0. The molecule has 0 spiro atoms. The molecule has 0 aliphatic rings. The molecule has 1 N–H and O–H groups in total. The van der Waals surface area contributed by atoms with Crippen LogP contribution in [0.25, 0.3) is 11.1 Å². The third kappa shape index (κ3) is 3.41. The quantitative estimate of drug-likeness (QED) is 0.909. The topological polar surface area (TPSA) is 42.0 Å². The normalized spacial score (nSPS) is 11.9. The predicted molar refractivity (Wildman–Crippen MR) is 76.9 cm³/mol. The van der Waals surface area contributed by atoms with Gasteiger partial charge in [0, 0.05) is 24.0 Å². The first-order valence-electron chi connectivity index (χ1n) is 6.52. The summed E-state index contributed by atoms with van der Waals surface area (Å²) in [5, 5.41) is 2.95. The Labute approximate surface area is 113 Å². The Balaban J connectivity index is 2.23. The van der Waals surface area contributed by atoms with Gasteiger partial charge in [0.15, 0.2) is 0 Å². The number of hydrogen-bond acceptors (Lipinski definition) is 2. The number of carbonyl (C=O) groups excluding carboxylic acids is 1. The Morgan fingerprint density at radius 1 is 1.21 bits per heavy atom. The first kappa shape index (κ1) is 13.3. The van der Waals surface area contributed by atoms with E-state index in [-0.39, 0.29) is 11.9 Å². The molecule has 0 radical (unpaired) electrons. The van der Waals surface area contributed by atoms with Crippen molar-refractivity contribution in [2.45, 2.75) is 26.3 Å². The van der Waals surface area contributed by atoms with Crippen LogP contribution in [0.3, 0.4) is 0 Å². The minimum atomic E-state index is -0.0698. The number of rotatable bonds is 4. The van der Waals surface area contributed by atoms with Crippen LogP contribution in [0.1, 0.15) is 30.6 Å². The molecule has 3 nitrogen and oxygen atoms in total. The minimum absolute atomic E-state index is 0.0698. The van der Waals surface area contributed by atoms with Crippen LogP contribution in [0.5, 0.6) is 0 Å². The molecule has 1 amide bonds. The van der Waals surface area contributed by atoms with Crippen molar-refractivity contribution >= 4 is 5.91 Å². The number of aromatic nitrogens is 1. The van der Waals surface area contributed by atoms with Gasteiger partial charge in [-0.2, -0.15) is 0 Å². The Morgan fingerprint density at radius 2 is 1.95 bits per heavy atom. The summed E-state index contributed by atoms with van der Waals surface area (Å²) in [7, 11) is 0. The van der Waals surface area contributed by atoms with E-state index in [1.807, 2.05) is 50.2 Å². The summed E-state index contributed by atoms with van der Waals surface area (Å²) < 4.78 is 0. The Kier molecular flexibility index (Phi) is 4.29. The molecule has 0 saturated heterocycles. The molecule has 0 fully saturated rings. The molecule has 0 aliphatic carbocycles. The summed E-state index contributed by atoms with van der Waals surface area (Å²) in [5.41, 5.74) is 2.62. The van der Waals surface area contributed by atoms with Gasteiger partial charge in [-0.25, -0.2) is 0 Å². The van der Waals surface area contributed by atoms with Gasteiger partial charge < -0.3 is 5.32 Å². The molecule has 19 heavy (non-hydrogen) atoms. The number of hydrogen-bond donors (Lipinski definition) is 1. The zero-order chi connectivity index (χ0) is 13.7. The molecule has 1 atom stereocenters. The molecule has 98 valence electrons. The van der Waals surface area contributed by atoms with Gasteiger partial charge in [0.25, 0.3) is 5.91 Å². The monoisotopic (exact) mass is 254 g/mol. The van der Waals surface area contributed by atoms with Crippen LogP contribution in [0.2, 0.25) is 0 Å². The van der Waals surface area contributed by atoms with Crippen molar-refractivity contribution in [1.29, 1.82) is 0 Å². The van der Waals surface area contributed by atoms with E-state index in [2.05, 4.69) is 10.3 Å². The van der Waals surface area contributed by atoms with E-state index < -0.39 is 0 Å². The van der Waals surface area contributed by atoms with Crippen LogP contribution in [0, 0.1) is 0 Å². The van der Waals surface area contributed by atoms with Crippen LogP contribution >= 0.6 is 0 Å². The molecule has 1 unspecified atom stereocenters. The summed E-state index contributed by atoms with van der Waals surface area (Å²) in [5.74, 6) is -0.0698. The van der Waals surface area contributed by atoms with Gasteiger partial charge in [-0.15, -0.1) is 0 Å². The molecule has 2 aromatic rings. The fraction of sp³-hybridized carbons (Fsp3) is 0.250. The van der Waals surface area contributed by atoms with Gasteiger partial charge in [-0.1, -0.05) is 37.3 Å². The molecule has 1 aromatic heterocycles. The molecule has 2 rings (SSSR count). The van der Waals surface area contributed by atoms with Crippen molar-refractivity contribution in [1.82, 2.24) is 10.3 Å². The zero-order valence-corrected chi connectivity index (χ0v) is 11.3. The van der Waals surface area contributed by atoms with Crippen molar-refractivity contribution in [3.05, 3.63) is 54.4 Å². The van der Waals surface area contributed by atoms with Gasteiger partial charge in [0.1, 0.15) is 0 Å². The molecule has 1 heterocycles. The van der Waals surface area contributed by atoms with Crippen LogP contribution in [-0.2, 0) is 0 Å². The van der Waals surface area contributed by atoms with Gasteiger partial charge in [-0.3, -0.25) is 9.78 Å². The van der Waals surface area contributed by atoms with E-state index in [9.17, 15) is 4.79 Å². The number of pyridine rings is 1. The van der Waals surface area contributed by atoms with E-state index >= 15 is 0 Å². The van der Waals surface area contributed by atoms with Gasteiger partial charge >= 0.3 is 0 Å². The van der Waals surface area contributed by atoms with Crippen LogP contribution < -0.4 is 5.32 Å². The third-order valence-electron chi connectivity index (χ3n) is 3.10. The van der Waals surface area contributed by atoms with Gasteiger partial charge in [0.2, 0.25) is 0 Å². The smallest absolute Gasteiger partial charge is 0.253 e. The second kappa shape index (κ2) is 6.14. The maximum Gasteiger partial charge on any atom is 0.253 e. The maximum absolute atomic E-state index is 12.0. The van der Waals surface area contributed by atoms with Crippen molar-refractivity contribution in [2.24, 2.45) is 0 Å². The molecule has 0 bridgehead atoms. The molecule has 0 aliphatic heterocycles. The van der Waals surface area contributed by atoms with E-state index in [0.717, 1.165) is 17.5 Å². The molecular formula is C16H18N2O. The summed E-state index contributed by atoms with van der Waals surface area (Å²) in [6, 6.07) is 12.0. The van der Waals surface area contributed by atoms with E-state index in [4.69, 9.17) is 0 Å².